The number of nitrogens with zero attached hydrogens (tertiary/aromatic N) is 2. The molecule has 2 fully saturated rings. The second-order valence-electron chi connectivity index (χ2n) is 8.24. The molecule has 0 unspecified atom stereocenters. The van der Waals surface area contributed by atoms with Crippen LogP contribution < -0.4 is 9.47 Å². The molecule has 2 saturated heterocycles. The van der Waals surface area contributed by atoms with Crippen LogP contribution in [0.25, 0.3) is 0 Å². The molecule has 0 aliphatic carbocycles. The summed E-state index contributed by atoms with van der Waals surface area (Å²) in [5.74, 6) is 0.765. The first-order chi connectivity index (χ1) is 15.2. The quantitative estimate of drug-likeness (QED) is 0.688. The van der Waals surface area contributed by atoms with E-state index in [-0.39, 0.29) is 17.8 Å². The summed E-state index contributed by atoms with van der Waals surface area (Å²) >= 11 is 0. The average Bonchev–Trinajstić information content (AvgIpc) is 2.81. The lowest BCUT2D eigenvalue weighted by Crippen LogP contribution is -2.50. The fraction of sp³-hybridized carbons (Fsp3) is 0.480. The largest absolute Gasteiger partial charge is 0.493 e. The number of halogens is 1. The number of benzene rings is 2. The van der Waals surface area contributed by atoms with Crippen LogP contribution in [0.5, 0.6) is 11.5 Å². The number of para-hydroxylation sites is 2. The lowest BCUT2D eigenvalue weighted by molar-refractivity contribution is 0.0415. The lowest BCUT2D eigenvalue weighted by atomic mass is 9.98. The van der Waals surface area contributed by atoms with Crippen LogP contribution >= 0.6 is 0 Å². The minimum atomic E-state index is -0.298. The van der Waals surface area contributed by atoms with Crippen molar-refractivity contribution >= 4 is 5.91 Å². The van der Waals surface area contributed by atoms with E-state index in [1.54, 1.807) is 18.2 Å². The minimum absolute atomic E-state index is 0.0551. The summed E-state index contributed by atoms with van der Waals surface area (Å²) in [7, 11) is 0. The topological polar surface area (TPSA) is 42.0 Å². The molecular weight excluding hydrogens is 395 g/mol. The summed E-state index contributed by atoms with van der Waals surface area (Å²) in [6.07, 6.45) is 3.80. The van der Waals surface area contributed by atoms with E-state index in [4.69, 9.17) is 9.47 Å². The van der Waals surface area contributed by atoms with E-state index in [2.05, 4.69) is 4.90 Å². The Kier molecular flexibility index (Phi) is 7.07. The normalized spacial score (nSPS) is 18.7. The second-order valence-corrected chi connectivity index (χ2v) is 8.24. The third-order valence-corrected chi connectivity index (χ3v) is 6.29. The van der Waals surface area contributed by atoms with Crippen molar-refractivity contribution in [2.24, 2.45) is 0 Å². The number of likely N-dealkylation sites (tertiary alicyclic amines) is 2. The SMILES string of the molecule is CCOc1ccccc1C(=O)N1CCC(N2CCC(Oc3ccccc3F)CC2)CC1. The number of carbonyl (C=O) groups excluding carboxylic acids is 1. The first-order valence-corrected chi connectivity index (χ1v) is 11.3. The molecule has 0 saturated carbocycles. The highest BCUT2D eigenvalue weighted by molar-refractivity contribution is 5.97. The van der Waals surface area contributed by atoms with Crippen molar-refractivity contribution in [2.75, 3.05) is 32.8 Å². The summed E-state index contributed by atoms with van der Waals surface area (Å²) in [6.45, 7) is 5.89. The van der Waals surface area contributed by atoms with E-state index < -0.39 is 0 Å². The van der Waals surface area contributed by atoms with Crippen molar-refractivity contribution in [3.8, 4) is 11.5 Å². The highest BCUT2D eigenvalue weighted by Gasteiger charge is 2.31. The van der Waals surface area contributed by atoms with Gasteiger partial charge in [-0.15, -0.1) is 0 Å². The Hall–Kier alpha value is -2.60. The van der Waals surface area contributed by atoms with Gasteiger partial charge >= 0.3 is 0 Å². The molecule has 0 bridgehead atoms. The maximum absolute atomic E-state index is 13.8. The van der Waals surface area contributed by atoms with Crippen molar-refractivity contribution in [2.45, 2.75) is 44.8 Å². The van der Waals surface area contributed by atoms with Crippen LogP contribution in [0.3, 0.4) is 0 Å². The molecule has 2 aromatic carbocycles. The molecule has 0 radical (unpaired) electrons. The first-order valence-electron chi connectivity index (χ1n) is 11.3. The zero-order valence-electron chi connectivity index (χ0n) is 18.1. The molecule has 0 aromatic heterocycles. The monoisotopic (exact) mass is 426 g/mol. The Morgan fingerprint density at radius 2 is 1.58 bits per heavy atom. The Labute approximate surface area is 183 Å². The fourth-order valence-corrected chi connectivity index (χ4v) is 4.61. The van der Waals surface area contributed by atoms with E-state index in [0.29, 0.717) is 29.7 Å². The third-order valence-electron chi connectivity index (χ3n) is 6.29. The molecule has 0 N–H and O–H groups in total. The van der Waals surface area contributed by atoms with E-state index in [1.165, 1.54) is 6.07 Å². The first kappa shape index (κ1) is 21.6. The van der Waals surface area contributed by atoms with Crippen LogP contribution in [-0.2, 0) is 0 Å². The Morgan fingerprint density at radius 1 is 0.935 bits per heavy atom. The summed E-state index contributed by atoms with van der Waals surface area (Å²) in [6, 6.07) is 14.6. The van der Waals surface area contributed by atoms with Crippen molar-refractivity contribution in [1.82, 2.24) is 9.80 Å². The molecule has 5 nitrogen and oxygen atoms in total. The summed E-state index contributed by atoms with van der Waals surface area (Å²) in [5.41, 5.74) is 0.647. The van der Waals surface area contributed by atoms with Gasteiger partial charge in [0.1, 0.15) is 11.9 Å². The van der Waals surface area contributed by atoms with Crippen LogP contribution in [0, 0.1) is 5.82 Å². The van der Waals surface area contributed by atoms with Gasteiger partial charge in [0.15, 0.2) is 11.6 Å². The lowest BCUT2D eigenvalue weighted by Gasteiger charge is -2.41. The third kappa shape index (κ3) is 5.18. The van der Waals surface area contributed by atoms with Gasteiger partial charge in [0.25, 0.3) is 5.91 Å². The zero-order valence-corrected chi connectivity index (χ0v) is 18.1. The fourth-order valence-electron chi connectivity index (χ4n) is 4.61. The Balaban J connectivity index is 1.26. The van der Waals surface area contributed by atoms with Gasteiger partial charge in [-0.1, -0.05) is 24.3 Å². The summed E-state index contributed by atoms with van der Waals surface area (Å²) in [5, 5.41) is 0. The average molecular weight is 427 g/mol. The number of piperidine rings is 2. The Bertz CT molecular complexity index is 875. The maximum Gasteiger partial charge on any atom is 0.257 e. The highest BCUT2D eigenvalue weighted by Crippen LogP contribution is 2.27. The molecule has 166 valence electrons. The smallest absolute Gasteiger partial charge is 0.257 e. The van der Waals surface area contributed by atoms with Gasteiger partial charge in [-0.25, -0.2) is 4.39 Å². The van der Waals surface area contributed by atoms with E-state index in [1.807, 2.05) is 36.1 Å². The predicted octanol–water partition coefficient (Wildman–Crippen LogP) is 4.37. The van der Waals surface area contributed by atoms with Gasteiger partial charge < -0.3 is 14.4 Å². The molecule has 2 aromatic rings. The zero-order chi connectivity index (χ0) is 21.6. The number of ether oxygens (including phenoxy) is 2. The van der Waals surface area contributed by atoms with Gasteiger partial charge in [-0.05, 0) is 56.9 Å². The van der Waals surface area contributed by atoms with Crippen LogP contribution in [-0.4, -0.2) is 60.6 Å². The van der Waals surface area contributed by atoms with Crippen LogP contribution in [0.2, 0.25) is 0 Å². The molecular formula is C25H31FN2O3. The van der Waals surface area contributed by atoms with Gasteiger partial charge in [0, 0.05) is 32.2 Å². The predicted molar refractivity (Wildman–Crippen MR) is 118 cm³/mol. The van der Waals surface area contributed by atoms with Crippen molar-refractivity contribution in [1.29, 1.82) is 0 Å². The molecule has 0 atom stereocenters. The van der Waals surface area contributed by atoms with Gasteiger partial charge in [-0.2, -0.15) is 0 Å². The standard InChI is InChI=1S/C25H31FN2O3/c1-2-30-23-9-5-3-7-21(23)25(29)28-15-11-19(12-16-28)27-17-13-20(14-18-27)31-24-10-6-4-8-22(24)26/h3-10,19-20H,2,11-18H2,1H3. The van der Waals surface area contributed by atoms with Gasteiger partial charge in [0.05, 0.1) is 12.2 Å². The number of hydrogen-bond donors (Lipinski definition) is 0. The van der Waals surface area contributed by atoms with Crippen molar-refractivity contribution < 1.29 is 18.7 Å². The van der Waals surface area contributed by atoms with Crippen molar-refractivity contribution in [3.05, 3.63) is 59.9 Å². The second kappa shape index (κ2) is 10.1. The van der Waals surface area contributed by atoms with E-state index in [0.717, 1.165) is 51.9 Å². The number of amides is 1. The van der Waals surface area contributed by atoms with Crippen LogP contribution in [0.1, 0.15) is 43.0 Å². The maximum atomic E-state index is 13.8. The minimum Gasteiger partial charge on any atom is -0.493 e. The molecule has 2 aliphatic rings. The van der Waals surface area contributed by atoms with Crippen LogP contribution in [0.4, 0.5) is 4.39 Å². The highest BCUT2D eigenvalue weighted by atomic mass is 19.1. The molecule has 2 aliphatic heterocycles. The van der Waals surface area contributed by atoms with Crippen LogP contribution in [0.15, 0.2) is 48.5 Å². The molecule has 31 heavy (non-hydrogen) atoms. The number of carbonyl (C=O) groups is 1. The molecule has 0 spiro atoms. The molecule has 6 heteroatoms. The molecule has 4 rings (SSSR count). The van der Waals surface area contributed by atoms with E-state index in [9.17, 15) is 9.18 Å². The van der Waals surface area contributed by atoms with Crippen molar-refractivity contribution in [3.63, 3.8) is 0 Å². The summed E-state index contributed by atoms with van der Waals surface area (Å²) < 4.78 is 25.3. The Morgan fingerprint density at radius 3 is 2.26 bits per heavy atom. The molecule has 2 heterocycles. The number of rotatable bonds is 6. The van der Waals surface area contributed by atoms with Gasteiger partial charge in [-0.3, -0.25) is 9.69 Å². The number of hydrogen-bond acceptors (Lipinski definition) is 4. The van der Waals surface area contributed by atoms with Gasteiger partial charge in [0.2, 0.25) is 0 Å². The van der Waals surface area contributed by atoms with E-state index >= 15 is 0 Å². The summed E-state index contributed by atoms with van der Waals surface area (Å²) in [4.78, 5) is 17.5. The molecule has 1 amide bonds.